The number of hydrogen-bond acceptors (Lipinski definition) is 2. The van der Waals surface area contributed by atoms with E-state index in [0.717, 1.165) is 24.8 Å². The largest absolute Gasteiger partial charge is 0.349 e. The van der Waals surface area contributed by atoms with Gasteiger partial charge in [0.05, 0.1) is 0 Å². The topological polar surface area (TPSA) is 40.7 Å². The van der Waals surface area contributed by atoms with Gasteiger partial charge >= 0.3 is 0 Å². The van der Waals surface area contributed by atoms with E-state index in [-0.39, 0.29) is 0 Å². The highest BCUT2D eigenvalue weighted by molar-refractivity contribution is 4.88. The number of imidazole rings is 1. The summed E-state index contributed by atoms with van der Waals surface area (Å²) in [7, 11) is 0. The highest BCUT2D eigenvalue weighted by atomic mass is 14.9. The Morgan fingerprint density at radius 2 is 2.50 bits per heavy atom. The molecule has 1 aliphatic carbocycles. The van der Waals surface area contributed by atoms with Gasteiger partial charge in [-0.25, -0.2) is 4.98 Å². The van der Waals surface area contributed by atoms with Crippen molar-refractivity contribution in [1.82, 2.24) is 15.3 Å². The van der Waals surface area contributed by atoms with Gasteiger partial charge in [-0.1, -0.05) is 6.42 Å². The average Bonchev–Trinajstić information content (AvgIpc) is 2.46. The Morgan fingerprint density at radius 1 is 1.58 bits per heavy atom. The van der Waals surface area contributed by atoms with Crippen LogP contribution in [0, 0.1) is 0 Å². The summed E-state index contributed by atoms with van der Waals surface area (Å²) in [5, 5.41) is 3.50. The molecule has 0 bridgehead atoms. The molecule has 1 saturated carbocycles. The van der Waals surface area contributed by atoms with Gasteiger partial charge in [0.25, 0.3) is 0 Å². The number of nitrogens with zero attached hydrogens (tertiary/aromatic N) is 1. The molecule has 2 N–H and O–H groups in total. The molecule has 0 radical (unpaired) electrons. The van der Waals surface area contributed by atoms with E-state index >= 15 is 0 Å². The molecule has 1 aromatic heterocycles. The second kappa shape index (κ2) is 3.72. The molecule has 1 aromatic rings. The fraction of sp³-hybridized carbons (Fsp3) is 0.667. The zero-order chi connectivity index (χ0) is 8.23. The maximum atomic E-state index is 4.16. The van der Waals surface area contributed by atoms with Crippen LogP contribution in [0.3, 0.4) is 0 Å². The molecule has 1 fully saturated rings. The molecule has 66 valence electrons. The molecule has 0 unspecified atom stereocenters. The Bertz CT molecular complexity index is 214. The van der Waals surface area contributed by atoms with Crippen LogP contribution < -0.4 is 5.32 Å². The summed E-state index contributed by atoms with van der Waals surface area (Å²) in [4.78, 5) is 7.26. The second-order valence-electron chi connectivity index (χ2n) is 3.37. The monoisotopic (exact) mass is 165 g/mol. The van der Waals surface area contributed by atoms with Crippen molar-refractivity contribution in [3.05, 3.63) is 18.2 Å². The molecule has 1 heterocycles. The number of rotatable bonds is 4. The van der Waals surface area contributed by atoms with Crippen LogP contribution in [0.15, 0.2) is 12.4 Å². The average molecular weight is 165 g/mol. The first-order valence-corrected chi connectivity index (χ1v) is 4.67. The van der Waals surface area contributed by atoms with Crippen molar-refractivity contribution in [2.75, 3.05) is 6.54 Å². The lowest BCUT2D eigenvalue weighted by Crippen LogP contribution is -2.36. The molecule has 0 amide bonds. The minimum absolute atomic E-state index is 0.792. The van der Waals surface area contributed by atoms with E-state index in [0.29, 0.717) is 0 Å². The molecule has 3 heteroatoms. The Morgan fingerprint density at radius 3 is 3.08 bits per heavy atom. The molecule has 0 saturated heterocycles. The van der Waals surface area contributed by atoms with E-state index in [1.54, 1.807) is 6.20 Å². The number of aromatic nitrogens is 2. The van der Waals surface area contributed by atoms with Crippen molar-refractivity contribution in [2.45, 2.75) is 31.7 Å². The van der Waals surface area contributed by atoms with E-state index in [1.165, 1.54) is 19.3 Å². The van der Waals surface area contributed by atoms with E-state index < -0.39 is 0 Å². The van der Waals surface area contributed by atoms with Crippen LogP contribution in [-0.4, -0.2) is 22.6 Å². The predicted molar refractivity (Wildman–Crippen MR) is 47.9 cm³/mol. The van der Waals surface area contributed by atoms with Crippen LogP contribution in [0.2, 0.25) is 0 Å². The maximum absolute atomic E-state index is 4.16. The summed E-state index contributed by atoms with van der Waals surface area (Å²) in [6.45, 7) is 1.05. The van der Waals surface area contributed by atoms with Gasteiger partial charge < -0.3 is 10.3 Å². The molecular formula is C9H15N3. The number of aromatic amines is 1. The van der Waals surface area contributed by atoms with Gasteiger partial charge in [-0.3, -0.25) is 0 Å². The third-order valence-corrected chi connectivity index (χ3v) is 2.45. The van der Waals surface area contributed by atoms with Crippen molar-refractivity contribution >= 4 is 0 Å². The normalized spacial score (nSPS) is 17.7. The van der Waals surface area contributed by atoms with Gasteiger partial charge in [-0.05, 0) is 12.8 Å². The lowest BCUT2D eigenvalue weighted by atomic mass is 9.93. The minimum Gasteiger partial charge on any atom is -0.349 e. The Labute approximate surface area is 72.6 Å². The highest BCUT2D eigenvalue weighted by Gasteiger charge is 2.15. The Kier molecular flexibility index (Phi) is 2.42. The molecule has 12 heavy (non-hydrogen) atoms. The lowest BCUT2D eigenvalue weighted by Gasteiger charge is -2.26. The Hall–Kier alpha value is -0.830. The van der Waals surface area contributed by atoms with E-state index in [9.17, 15) is 0 Å². The van der Waals surface area contributed by atoms with Crippen LogP contribution >= 0.6 is 0 Å². The smallest absolute Gasteiger partial charge is 0.107 e. The predicted octanol–water partition coefficient (Wildman–Crippen LogP) is 1.09. The van der Waals surface area contributed by atoms with Crippen molar-refractivity contribution in [1.29, 1.82) is 0 Å². The van der Waals surface area contributed by atoms with Crippen LogP contribution in [0.4, 0.5) is 0 Å². The van der Waals surface area contributed by atoms with Gasteiger partial charge in [-0.2, -0.15) is 0 Å². The summed E-state index contributed by atoms with van der Waals surface area (Å²) in [5.41, 5.74) is 0. The first-order valence-electron chi connectivity index (χ1n) is 4.67. The summed E-state index contributed by atoms with van der Waals surface area (Å²) in [5.74, 6) is 1.09. The summed E-state index contributed by atoms with van der Waals surface area (Å²) in [6, 6.07) is 0.792. The van der Waals surface area contributed by atoms with E-state index in [4.69, 9.17) is 0 Å². The minimum atomic E-state index is 0.792. The second-order valence-corrected chi connectivity index (χ2v) is 3.37. The van der Waals surface area contributed by atoms with Crippen molar-refractivity contribution in [3.63, 3.8) is 0 Å². The molecule has 3 nitrogen and oxygen atoms in total. The lowest BCUT2D eigenvalue weighted by molar-refractivity contribution is 0.341. The number of hydrogen-bond donors (Lipinski definition) is 2. The van der Waals surface area contributed by atoms with E-state index in [2.05, 4.69) is 15.3 Å². The zero-order valence-corrected chi connectivity index (χ0v) is 7.21. The van der Waals surface area contributed by atoms with Crippen molar-refractivity contribution < 1.29 is 0 Å². The van der Waals surface area contributed by atoms with Gasteiger partial charge in [0.15, 0.2) is 0 Å². The van der Waals surface area contributed by atoms with Crippen LogP contribution in [-0.2, 0) is 6.42 Å². The number of nitrogens with one attached hydrogen (secondary N) is 2. The molecule has 0 aliphatic heterocycles. The van der Waals surface area contributed by atoms with Crippen LogP contribution in [0.25, 0.3) is 0 Å². The van der Waals surface area contributed by atoms with Crippen LogP contribution in [0.5, 0.6) is 0 Å². The molecule has 0 spiro atoms. The Balaban J connectivity index is 1.62. The van der Waals surface area contributed by atoms with Crippen molar-refractivity contribution in [2.24, 2.45) is 0 Å². The SMILES string of the molecule is c1c[nH]c(CCNC2CCC2)n1. The molecule has 1 aliphatic rings. The molecule has 0 atom stereocenters. The molecule has 2 rings (SSSR count). The third kappa shape index (κ3) is 1.85. The zero-order valence-electron chi connectivity index (χ0n) is 7.21. The summed E-state index contributed by atoms with van der Waals surface area (Å²) < 4.78 is 0. The van der Waals surface area contributed by atoms with Gasteiger partial charge in [0.1, 0.15) is 5.82 Å². The van der Waals surface area contributed by atoms with Crippen molar-refractivity contribution in [3.8, 4) is 0 Å². The fourth-order valence-corrected chi connectivity index (χ4v) is 1.44. The third-order valence-electron chi connectivity index (χ3n) is 2.45. The van der Waals surface area contributed by atoms with Gasteiger partial charge in [0.2, 0.25) is 0 Å². The number of H-pyrrole nitrogens is 1. The highest BCUT2D eigenvalue weighted by Crippen LogP contribution is 2.17. The fourth-order valence-electron chi connectivity index (χ4n) is 1.44. The maximum Gasteiger partial charge on any atom is 0.107 e. The standard InChI is InChI=1S/C9H15N3/c1-2-8(3-1)10-5-4-9-11-6-7-12-9/h6-8,10H,1-5H2,(H,11,12). The van der Waals surface area contributed by atoms with Crippen LogP contribution in [0.1, 0.15) is 25.1 Å². The van der Waals surface area contributed by atoms with E-state index in [1.807, 2.05) is 6.20 Å². The molecule has 0 aromatic carbocycles. The molecular weight excluding hydrogens is 150 g/mol. The summed E-state index contributed by atoms with van der Waals surface area (Å²) >= 11 is 0. The van der Waals surface area contributed by atoms with Gasteiger partial charge in [0, 0.05) is 31.4 Å². The quantitative estimate of drug-likeness (QED) is 0.701. The first-order chi connectivity index (χ1) is 5.95. The summed E-state index contributed by atoms with van der Waals surface area (Å²) in [6.07, 6.45) is 8.82. The van der Waals surface area contributed by atoms with Gasteiger partial charge in [-0.15, -0.1) is 0 Å². The first kappa shape index (κ1) is 7.80.